The third-order valence-electron chi connectivity index (χ3n) is 1.29. The van der Waals surface area contributed by atoms with Crippen molar-refractivity contribution < 1.29 is 14.6 Å². The van der Waals surface area contributed by atoms with Crippen molar-refractivity contribution in [3.63, 3.8) is 0 Å². The van der Waals surface area contributed by atoms with Gasteiger partial charge in [0.05, 0.1) is 18.5 Å². The summed E-state index contributed by atoms with van der Waals surface area (Å²) in [5.74, 6) is -1.11. The Kier molecular flexibility index (Phi) is 2.82. The number of imidazole rings is 1. The highest BCUT2D eigenvalue weighted by molar-refractivity contribution is 5.83. The number of aromatic nitrogens is 2. The smallest absolute Gasteiger partial charge is 0.371 e. The molecule has 2 N–H and O–H groups in total. The number of rotatable bonds is 4. The van der Waals surface area contributed by atoms with Gasteiger partial charge in [0.15, 0.2) is 0 Å². The van der Waals surface area contributed by atoms with Gasteiger partial charge in [0.2, 0.25) is 5.82 Å². The van der Waals surface area contributed by atoms with Crippen molar-refractivity contribution in [1.82, 2.24) is 9.97 Å². The average molecular weight is 170 g/mol. The van der Waals surface area contributed by atoms with Crippen LogP contribution in [-0.4, -0.2) is 27.7 Å². The zero-order valence-corrected chi connectivity index (χ0v) is 6.70. The maximum absolute atomic E-state index is 10.4. The van der Waals surface area contributed by atoms with Crippen molar-refractivity contribution in [3.8, 4) is 0 Å². The first-order valence-corrected chi connectivity index (χ1v) is 3.59. The molecule has 1 aromatic rings. The van der Waals surface area contributed by atoms with Gasteiger partial charge in [0, 0.05) is 6.61 Å². The van der Waals surface area contributed by atoms with Crippen molar-refractivity contribution in [2.24, 2.45) is 0 Å². The van der Waals surface area contributed by atoms with Crippen LogP contribution in [0.15, 0.2) is 6.20 Å². The second-order valence-electron chi connectivity index (χ2n) is 2.20. The fourth-order valence-electron chi connectivity index (χ4n) is 0.753. The molecular formula is C7H10N2O3. The first-order valence-electron chi connectivity index (χ1n) is 3.59. The van der Waals surface area contributed by atoms with E-state index in [9.17, 15) is 4.79 Å². The van der Waals surface area contributed by atoms with E-state index in [1.165, 1.54) is 6.20 Å². The van der Waals surface area contributed by atoms with Crippen molar-refractivity contribution in [1.29, 1.82) is 0 Å². The van der Waals surface area contributed by atoms with Crippen LogP contribution >= 0.6 is 0 Å². The SMILES string of the molecule is CCOCc1cnc(C(=O)O)[nH]1. The van der Waals surface area contributed by atoms with Crippen LogP contribution in [0.3, 0.4) is 0 Å². The van der Waals surface area contributed by atoms with E-state index in [4.69, 9.17) is 9.84 Å². The van der Waals surface area contributed by atoms with Crippen LogP contribution in [0.25, 0.3) is 0 Å². The standard InChI is InChI=1S/C7H10N2O3/c1-2-12-4-5-3-8-6(9-5)7(10)11/h3H,2,4H2,1H3,(H,8,9)(H,10,11). The maximum atomic E-state index is 10.4. The van der Waals surface area contributed by atoms with Crippen LogP contribution in [0.5, 0.6) is 0 Å². The van der Waals surface area contributed by atoms with Crippen molar-refractivity contribution >= 4 is 5.97 Å². The maximum Gasteiger partial charge on any atom is 0.371 e. The molecule has 0 spiro atoms. The number of H-pyrrole nitrogens is 1. The van der Waals surface area contributed by atoms with Crippen molar-refractivity contribution in [2.75, 3.05) is 6.61 Å². The number of nitrogens with zero attached hydrogens (tertiary/aromatic N) is 1. The Hall–Kier alpha value is -1.36. The number of hydrogen-bond donors (Lipinski definition) is 2. The minimum atomic E-state index is -1.06. The fraction of sp³-hybridized carbons (Fsp3) is 0.429. The van der Waals surface area contributed by atoms with Crippen LogP contribution in [0.1, 0.15) is 23.2 Å². The first kappa shape index (κ1) is 8.73. The minimum absolute atomic E-state index is 0.0512. The van der Waals surface area contributed by atoms with Gasteiger partial charge < -0.3 is 14.8 Å². The lowest BCUT2D eigenvalue weighted by Gasteiger charge is -1.95. The highest BCUT2D eigenvalue weighted by atomic mass is 16.5. The molecule has 5 nitrogen and oxygen atoms in total. The third-order valence-corrected chi connectivity index (χ3v) is 1.29. The quantitative estimate of drug-likeness (QED) is 0.695. The summed E-state index contributed by atoms with van der Waals surface area (Å²) >= 11 is 0. The van der Waals surface area contributed by atoms with Gasteiger partial charge in [-0.1, -0.05) is 0 Å². The molecule has 0 aromatic carbocycles. The Morgan fingerprint density at radius 2 is 2.58 bits per heavy atom. The summed E-state index contributed by atoms with van der Waals surface area (Å²) in [5.41, 5.74) is 0.675. The zero-order chi connectivity index (χ0) is 8.97. The molecule has 1 heterocycles. The van der Waals surface area contributed by atoms with E-state index in [1.54, 1.807) is 0 Å². The van der Waals surface area contributed by atoms with Gasteiger partial charge >= 0.3 is 5.97 Å². The molecule has 0 aliphatic heterocycles. The summed E-state index contributed by atoms with van der Waals surface area (Å²) in [6, 6.07) is 0. The monoisotopic (exact) mass is 170 g/mol. The molecule has 0 atom stereocenters. The van der Waals surface area contributed by atoms with Gasteiger partial charge in [-0.25, -0.2) is 9.78 Å². The summed E-state index contributed by atoms with van der Waals surface area (Å²) < 4.78 is 5.05. The normalized spacial score (nSPS) is 10.1. The first-order chi connectivity index (χ1) is 5.74. The molecule has 0 fully saturated rings. The molecule has 0 amide bonds. The number of carbonyl (C=O) groups is 1. The van der Waals surface area contributed by atoms with Crippen molar-refractivity contribution in [3.05, 3.63) is 17.7 Å². The largest absolute Gasteiger partial charge is 0.475 e. The number of carboxylic acid groups (broad SMARTS) is 1. The number of aromatic carboxylic acids is 1. The molecule has 12 heavy (non-hydrogen) atoms. The Morgan fingerprint density at radius 3 is 3.08 bits per heavy atom. The lowest BCUT2D eigenvalue weighted by atomic mass is 10.5. The molecule has 0 saturated heterocycles. The Labute approximate surface area is 69.4 Å². The summed E-state index contributed by atoms with van der Waals surface area (Å²) in [5, 5.41) is 8.49. The lowest BCUT2D eigenvalue weighted by Crippen LogP contribution is -1.99. The zero-order valence-electron chi connectivity index (χ0n) is 6.70. The third kappa shape index (κ3) is 2.06. The molecule has 1 aromatic heterocycles. The van der Waals surface area contributed by atoms with E-state index in [2.05, 4.69) is 9.97 Å². The van der Waals surface area contributed by atoms with Gasteiger partial charge in [-0.3, -0.25) is 0 Å². The molecule has 1 rings (SSSR count). The van der Waals surface area contributed by atoms with E-state index >= 15 is 0 Å². The Morgan fingerprint density at radius 1 is 1.83 bits per heavy atom. The second-order valence-corrected chi connectivity index (χ2v) is 2.20. The Bertz CT molecular complexity index is 269. The number of aromatic amines is 1. The topological polar surface area (TPSA) is 75.2 Å². The number of hydrogen-bond acceptors (Lipinski definition) is 3. The predicted octanol–water partition coefficient (Wildman–Crippen LogP) is 0.644. The average Bonchev–Trinajstić information content (AvgIpc) is 2.48. The number of ether oxygens (including phenoxy) is 1. The van der Waals surface area contributed by atoms with E-state index in [-0.39, 0.29) is 5.82 Å². The molecule has 66 valence electrons. The molecule has 0 radical (unpaired) electrons. The van der Waals surface area contributed by atoms with Gasteiger partial charge in [0.25, 0.3) is 0 Å². The lowest BCUT2D eigenvalue weighted by molar-refractivity contribution is 0.0684. The molecule has 0 bridgehead atoms. The van der Waals surface area contributed by atoms with Gasteiger partial charge in [-0.05, 0) is 6.92 Å². The summed E-state index contributed by atoms with van der Waals surface area (Å²) in [7, 11) is 0. The molecule has 0 aliphatic rings. The van der Waals surface area contributed by atoms with Gasteiger partial charge in [-0.15, -0.1) is 0 Å². The highest BCUT2D eigenvalue weighted by Crippen LogP contribution is 1.98. The second kappa shape index (κ2) is 3.87. The molecule has 0 unspecified atom stereocenters. The van der Waals surface area contributed by atoms with E-state index < -0.39 is 5.97 Å². The molecule has 0 saturated carbocycles. The van der Waals surface area contributed by atoms with Crippen LogP contribution in [0.4, 0.5) is 0 Å². The van der Waals surface area contributed by atoms with E-state index in [1.807, 2.05) is 6.92 Å². The summed E-state index contributed by atoms with van der Waals surface area (Å²) in [6.45, 7) is 2.84. The van der Waals surface area contributed by atoms with Crippen LogP contribution in [0.2, 0.25) is 0 Å². The van der Waals surface area contributed by atoms with Crippen LogP contribution in [-0.2, 0) is 11.3 Å². The fourth-order valence-corrected chi connectivity index (χ4v) is 0.753. The van der Waals surface area contributed by atoms with Crippen LogP contribution in [0, 0.1) is 0 Å². The summed E-state index contributed by atoms with van der Waals surface area (Å²) in [6.07, 6.45) is 1.46. The summed E-state index contributed by atoms with van der Waals surface area (Å²) in [4.78, 5) is 16.6. The van der Waals surface area contributed by atoms with Crippen molar-refractivity contribution in [2.45, 2.75) is 13.5 Å². The van der Waals surface area contributed by atoms with E-state index in [0.29, 0.717) is 18.9 Å². The molecular weight excluding hydrogens is 160 g/mol. The molecule has 5 heteroatoms. The minimum Gasteiger partial charge on any atom is -0.475 e. The highest BCUT2D eigenvalue weighted by Gasteiger charge is 2.06. The number of nitrogens with one attached hydrogen (secondary N) is 1. The van der Waals surface area contributed by atoms with Gasteiger partial charge in [-0.2, -0.15) is 0 Å². The van der Waals surface area contributed by atoms with E-state index in [0.717, 1.165) is 0 Å². The van der Waals surface area contributed by atoms with Gasteiger partial charge in [0.1, 0.15) is 0 Å². The number of carboxylic acids is 1. The predicted molar refractivity (Wildman–Crippen MR) is 40.9 cm³/mol. The van der Waals surface area contributed by atoms with Crippen LogP contribution < -0.4 is 0 Å². The molecule has 0 aliphatic carbocycles. The Balaban J connectivity index is 2.58.